The Morgan fingerprint density at radius 3 is 2.89 bits per heavy atom. The molecule has 2 N–H and O–H groups in total. The van der Waals surface area contributed by atoms with Crippen LogP contribution in [0.4, 0.5) is 10.1 Å². The first-order chi connectivity index (χ1) is 8.74. The first kappa shape index (κ1) is 13.3. The van der Waals surface area contributed by atoms with Gasteiger partial charge in [0, 0.05) is 31.9 Å². The van der Waals surface area contributed by atoms with E-state index in [1.807, 2.05) is 0 Å². The lowest BCUT2D eigenvalue weighted by molar-refractivity contribution is 0.0171. The van der Waals surface area contributed by atoms with E-state index in [2.05, 4.69) is 10.2 Å². The number of aliphatic hydroxyl groups excluding tert-OH is 1. The first-order valence-corrected chi connectivity index (χ1v) is 6.21. The van der Waals surface area contributed by atoms with Gasteiger partial charge in [0.2, 0.25) is 0 Å². The molecule has 0 amide bonds. The van der Waals surface area contributed by atoms with E-state index in [9.17, 15) is 9.50 Å². The third kappa shape index (κ3) is 4.25. The van der Waals surface area contributed by atoms with Crippen LogP contribution < -0.4 is 5.32 Å². The van der Waals surface area contributed by atoms with E-state index >= 15 is 0 Å². The predicted molar refractivity (Wildman–Crippen MR) is 68.2 cm³/mol. The number of hydrogen-bond donors (Lipinski definition) is 2. The quantitative estimate of drug-likeness (QED) is 0.820. The summed E-state index contributed by atoms with van der Waals surface area (Å²) < 4.78 is 18.2. The van der Waals surface area contributed by atoms with Gasteiger partial charge in [0.15, 0.2) is 0 Å². The molecule has 1 atom stereocenters. The predicted octanol–water partition coefficient (Wildman–Crippen LogP) is 0.931. The van der Waals surface area contributed by atoms with Gasteiger partial charge in [0.25, 0.3) is 0 Å². The number of nitrogens with zero attached hydrogens (tertiary/aromatic N) is 1. The number of aliphatic hydroxyl groups is 1. The normalized spacial score (nSPS) is 18.6. The van der Waals surface area contributed by atoms with Crippen molar-refractivity contribution >= 4 is 5.69 Å². The van der Waals surface area contributed by atoms with Gasteiger partial charge in [-0.25, -0.2) is 4.39 Å². The fourth-order valence-electron chi connectivity index (χ4n) is 1.98. The Bertz CT molecular complexity index is 370. The van der Waals surface area contributed by atoms with E-state index in [0.29, 0.717) is 18.8 Å². The topological polar surface area (TPSA) is 44.7 Å². The lowest BCUT2D eigenvalue weighted by Gasteiger charge is -2.28. The SMILES string of the molecule is OC(CNc1cccc(F)c1)CN1CCOCC1. The molecule has 0 aromatic heterocycles. The van der Waals surface area contributed by atoms with Crippen LogP contribution in [0.3, 0.4) is 0 Å². The molecule has 1 saturated heterocycles. The Labute approximate surface area is 106 Å². The molecule has 1 aliphatic heterocycles. The number of rotatable bonds is 5. The third-order valence-corrected chi connectivity index (χ3v) is 2.94. The van der Waals surface area contributed by atoms with Crippen LogP contribution in [0.1, 0.15) is 0 Å². The molecule has 1 aromatic carbocycles. The third-order valence-electron chi connectivity index (χ3n) is 2.94. The number of halogens is 1. The Kier molecular flexibility index (Phi) is 4.92. The van der Waals surface area contributed by atoms with Crippen LogP contribution in [0.25, 0.3) is 0 Å². The molecule has 0 spiro atoms. The van der Waals surface area contributed by atoms with Crippen molar-refractivity contribution in [1.82, 2.24) is 4.90 Å². The fraction of sp³-hybridized carbons (Fsp3) is 0.538. The summed E-state index contributed by atoms with van der Waals surface area (Å²) in [4.78, 5) is 2.17. The van der Waals surface area contributed by atoms with Crippen LogP contribution in [0.5, 0.6) is 0 Å². The maximum Gasteiger partial charge on any atom is 0.125 e. The lowest BCUT2D eigenvalue weighted by Crippen LogP contribution is -2.42. The summed E-state index contributed by atoms with van der Waals surface area (Å²) in [6.07, 6.45) is -0.466. The second kappa shape index (κ2) is 6.68. The lowest BCUT2D eigenvalue weighted by atomic mass is 10.2. The summed E-state index contributed by atoms with van der Waals surface area (Å²) in [7, 11) is 0. The summed E-state index contributed by atoms with van der Waals surface area (Å²) in [5.74, 6) is -0.275. The van der Waals surface area contributed by atoms with Crippen molar-refractivity contribution in [2.24, 2.45) is 0 Å². The van der Waals surface area contributed by atoms with E-state index in [1.54, 1.807) is 12.1 Å². The number of anilines is 1. The molecule has 1 unspecified atom stereocenters. The highest BCUT2D eigenvalue weighted by Gasteiger charge is 2.14. The minimum Gasteiger partial charge on any atom is -0.390 e. The number of morpholine rings is 1. The number of nitrogens with one attached hydrogen (secondary N) is 1. The van der Waals surface area contributed by atoms with Crippen molar-refractivity contribution in [3.05, 3.63) is 30.1 Å². The Balaban J connectivity index is 1.72. The molecule has 0 bridgehead atoms. The van der Waals surface area contributed by atoms with Crippen LogP contribution in [0.15, 0.2) is 24.3 Å². The summed E-state index contributed by atoms with van der Waals surface area (Å²) in [6, 6.07) is 6.24. The van der Waals surface area contributed by atoms with E-state index < -0.39 is 6.10 Å². The summed E-state index contributed by atoms with van der Waals surface area (Å²) in [5.41, 5.74) is 0.691. The van der Waals surface area contributed by atoms with E-state index in [-0.39, 0.29) is 5.82 Å². The maximum absolute atomic E-state index is 12.9. The molecule has 2 rings (SSSR count). The minimum absolute atomic E-state index is 0.275. The molecule has 18 heavy (non-hydrogen) atoms. The highest BCUT2D eigenvalue weighted by atomic mass is 19.1. The molecule has 1 heterocycles. The highest BCUT2D eigenvalue weighted by molar-refractivity contribution is 5.43. The second-order valence-electron chi connectivity index (χ2n) is 4.46. The molecule has 0 saturated carbocycles. The largest absolute Gasteiger partial charge is 0.390 e. The molecule has 1 aliphatic rings. The zero-order valence-electron chi connectivity index (χ0n) is 10.3. The minimum atomic E-state index is -0.466. The second-order valence-corrected chi connectivity index (χ2v) is 4.46. The van der Waals surface area contributed by atoms with Gasteiger partial charge >= 0.3 is 0 Å². The average molecular weight is 254 g/mol. The van der Waals surface area contributed by atoms with E-state index in [4.69, 9.17) is 4.74 Å². The number of hydrogen-bond acceptors (Lipinski definition) is 4. The summed E-state index contributed by atoms with van der Waals surface area (Å²) >= 11 is 0. The van der Waals surface area contributed by atoms with Gasteiger partial charge in [-0.1, -0.05) is 6.07 Å². The average Bonchev–Trinajstić information content (AvgIpc) is 2.38. The van der Waals surface area contributed by atoms with Crippen molar-refractivity contribution in [1.29, 1.82) is 0 Å². The highest BCUT2D eigenvalue weighted by Crippen LogP contribution is 2.09. The standard InChI is InChI=1S/C13H19FN2O2/c14-11-2-1-3-12(8-11)15-9-13(17)10-16-4-6-18-7-5-16/h1-3,8,13,15,17H,4-7,9-10H2. The van der Waals surface area contributed by atoms with E-state index in [1.165, 1.54) is 12.1 Å². The van der Waals surface area contributed by atoms with Gasteiger partial charge in [-0.05, 0) is 18.2 Å². The molecule has 4 nitrogen and oxygen atoms in total. The zero-order chi connectivity index (χ0) is 12.8. The number of ether oxygens (including phenoxy) is 1. The smallest absolute Gasteiger partial charge is 0.125 e. The van der Waals surface area contributed by atoms with Crippen molar-refractivity contribution in [3.63, 3.8) is 0 Å². The van der Waals surface area contributed by atoms with Crippen molar-refractivity contribution < 1.29 is 14.2 Å². The van der Waals surface area contributed by atoms with Crippen LogP contribution in [0, 0.1) is 5.82 Å². The summed E-state index contributed by atoms with van der Waals surface area (Å²) in [5, 5.41) is 12.9. The Morgan fingerprint density at radius 2 is 2.17 bits per heavy atom. The monoisotopic (exact) mass is 254 g/mol. The fourth-order valence-corrected chi connectivity index (χ4v) is 1.98. The van der Waals surface area contributed by atoms with Gasteiger partial charge in [0.05, 0.1) is 19.3 Å². The van der Waals surface area contributed by atoms with Crippen molar-refractivity contribution in [3.8, 4) is 0 Å². The van der Waals surface area contributed by atoms with Gasteiger partial charge in [0.1, 0.15) is 5.82 Å². The first-order valence-electron chi connectivity index (χ1n) is 6.21. The number of benzene rings is 1. The van der Waals surface area contributed by atoms with Gasteiger partial charge < -0.3 is 15.2 Å². The summed E-state index contributed by atoms with van der Waals surface area (Å²) in [6.45, 7) is 4.20. The van der Waals surface area contributed by atoms with Gasteiger partial charge in [-0.15, -0.1) is 0 Å². The van der Waals surface area contributed by atoms with Crippen molar-refractivity contribution in [2.75, 3.05) is 44.7 Å². The maximum atomic E-state index is 12.9. The molecule has 1 aromatic rings. The van der Waals surface area contributed by atoms with Crippen LogP contribution in [-0.2, 0) is 4.74 Å². The van der Waals surface area contributed by atoms with Gasteiger partial charge in [-0.3, -0.25) is 4.90 Å². The molecular weight excluding hydrogens is 235 g/mol. The molecule has 1 fully saturated rings. The van der Waals surface area contributed by atoms with E-state index in [0.717, 1.165) is 26.3 Å². The molecule has 100 valence electrons. The Hall–Kier alpha value is -1.17. The van der Waals surface area contributed by atoms with Crippen LogP contribution >= 0.6 is 0 Å². The van der Waals surface area contributed by atoms with Crippen molar-refractivity contribution in [2.45, 2.75) is 6.10 Å². The number of β-amino-alcohol motifs (C(OH)–C–C–N with tert-alkyl or cyclic N) is 1. The molecular formula is C13H19FN2O2. The van der Waals surface area contributed by atoms with Crippen LogP contribution in [0.2, 0.25) is 0 Å². The zero-order valence-corrected chi connectivity index (χ0v) is 10.3. The molecule has 0 aliphatic carbocycles. The van der Waals surface area contributed by atoms with Gasteiger partial charge in [-0.2, -0.15) is 0 Å². The van der Waals surface area contributed by atoms with Crippen LogP contribution in [-0.4, -0.2) is 55.5 Å². The Morgan fingerprint density at radius 1 is 1.39 bits per heavy atom. The molecule has 5 heteroatoms. The molecule has 0 radical (unpaired) electrons.